The fourth-order valence-electron chi connectivity index (χ4n) is 2.05. The maximum Gasteiger partial charge on any atom is 0.358 e. The molecule has 0 bridgehead atoms. The maximum atomic E-state index is 13.0. The lowest BCUT2D eigenvalue weighted by molar-refractivity contribution is 0.0675. The first-order valence-corrected chi connectivity index (χ1v) is 5.91. The molecule has 0 aliphatic heterocycles. The van der Waals surface area contributed by atoms with Crippen molar-refractivity contribution < 1.29 is 18.7 Å². The number of rotatable bonds is 4. The van der Waals surface area contributed by atoms with Gasteiger partial charge in [0.15, 0.2) is 5.69 Å². The number of halogens is 2. The van der Waals surface area contributed by atoms with Crippen LogP contribution in [-0.2, 0) is 6.54 Å². The molecule has 0 spiro atoms. The van der Waals surface area contributed by atoms with Gasteiger partial charge in [0.2, 0.25) is 0 Å². The molecule has 1 N–H and O–H groups in total. The Morgan fingerprint density at radius 3 is 2.45 bits per heavy atom. The molecule has 0 amide bonds. The van der Waals surface area contributed by atoms with Crippen molar-refractivity contribution in [1.29, 1.82) is 0 Å². The Labute approximate surface area is 113 Å². The van der Waals surface area contributed by atoms with Gasteiger partial charge in [-0.25, -0.2) is 18.3 Å². The van der Waals surface area contributed by atoms with E-state index in [1.54, 1.807) is 0 Å². The molecule has 1 aromatic carbocycles. The molecule has 0 atom stereocenters. The van der Waals surface area contributed by atoms with E-state index in [4.69, 9.17) is 5.11 Å². The van der Waals surface area contributed by atoms with Crippen molar-refractivity contribution in [1.82, 2.24) is 15.0 Å². The SMILES string of the molecule is Cc1cccc(C)c1Cn1nnc(C(=O)O)c1C(F)F. The van der Waals surface area contributed by atoms with Gasteiger partial charge < -0.3 is 5.11 Å². The van der Waals surface area contributed by atoms with Gasteiger partial charge in [0.1, 0.15) is 5.69 Å². The summed E-state index contributed by atoms with van der Waals surface area (Å²) in [7, 11) is 0. The molecule has 20 heavy (non-hydrogen) atoms. The number of aromatic nitrogens is 3. The summed E-state index contributed by atoms with van der Waals surface area (Å²) in [5.74, 6) is -1.51. The number of alkyl halides is 2. The fraction of sp³-hybridized carbons (Fsp3) is 0.308. The minimum atomic E-state index is -2.94. The lowest BCUT2D eigenvalue weighted by atomic mass is 10.0. The summed E-state index contributed by atoms with van der Waals surface area (Å²) in [5, 5.41) is 15.7. The molecule has 0 radical (unpaired) electrons. The molecule has 0 fully saturated rings. The van der Waals surface area contributed by atoms with Gasteiger partial charge in [-0.1, -0.05) is 23.4 Å². The van der Waals surface area contributed by atoms with Gasteiger partial charge in [0.25, 0.3) is 6.43 Å². The van der Waals surface area contributed by atoms with Crippen LogP contribution in [0.25, 0.3) is 0 Å². The van der Waals surface area contributed by atoms with Crippen LogP contribution >= 0.6 is 0 Å². The zero-order valence-electron chi connectivity index (χ0n) is 11.0. The number of aromatic carboxylic acids is 1. The average molecular weight is 281 g/mol. The number of hydrogen-bond donors (Lipinski definition) is 1. The van der Waals surface area contributed by atoms with Crippen molar-refractivity contribution in [3.63, 3.8) is 0 Å². The molecule has 0 saturated heterocycles. The second-order valence-corrected chi connectivity index (χ2v) is 4.46. The zero-order valence-corrected chi connectivity index (χ0v) is 11.0. The standard InChI is InChI=1S/C13H13F2N3O2/c1-7-4-3-5-8(2)9(7)6-18-11(12(14)15)10(13(19)20)16-17-18/h3-5,12H,6H2,1-2H3,(H,19,20). The van der Waals surface area contributed by atoms with E-state index < -0.39 is 23.8 Å². The molecule has 2 aromatic rings. The van der Waals surface area contributed by atoms with Crippen molar-refractivity contribution >= 4 is 5.97 Å². The van der Waals surface area contributed by atoms with Crippen LogP contribution in [0, 0.1) is 13.8 Å². The number of nitrogens with zero attached hydrogens (tertiary/aromatic N) is 3. The first-order chi connectivity index (χ1) is 9.41. The van der Waals surface area contributed by atoms with E-state index in [0.717, 1.165) is 21.4 Å². The number of carboxylic acid groups (broad SMARTS) is 1. The highest BCUT2D eigenvalue weighted by Gasteiger charge is 2.26. The van der Waals surface area contributed by atoms with Crippen molar-refractivity contribution in [2.24, 2.45) is 0 Å². The second-order valence-electron chi connectivity index (χ2n) is 4.46. The molecule has 1 aromatic heterocycles. The summed E-state index contributed by atoms with van der Waals surface area (Å²) in [5.41, 5.74) is 1.32. The molecular weight excluding hydrogens is 268 g/mol. The highest BCUT2D eigenvalue weighted by atomic mass is 19.3. The minimum absolute atomic E-state index is 0.0679. The zero-order chi connectivity index (χ0) is 14.9. The molecule has 1 heterocycles. The van der Waals surface area contributed by atoms with Crippen molar-refractivity contribution in [3.8, 4) is 0 Å². The third kappa shape index (κ3) is 2.52. The number of carboxylic acids is 1. The normalized spacial score (nSPS) is 11.1. The van der Waals surface area contributed by atoms with Gasteiger partial charge >= 0.3 is 5.97 Å². The van der Waals surface area contributed by atoms with Crippen molar-refractivity contribution in [2.45, 2.75) is 26.8 Å². The van der Waals surface area contributed by atoms with Crippen LogP contribution in [0.5, 0.6) is 0 Å². The van der Waals surface area contributed by atoms with Gasteiger partial charge in [-0.2, -0.15) is 0 Å². The van der Waals surface area contributed by atoms with Crippen LogP contribution in [0.4, 0.5) is 8.78 Å². The van der Waals surface area contributed by atoms with Crippen LogP contribution < -0.4 is 0 Å². The van der Waals surface area contributed by atoms with Gasteiger partial charge in [0, 0.05) is 0 Å². The van der Waals surface area contributed by atoms with Gasteiger partial charge in [0.05, 0.1) is 6.54 Å². The van der Waals surface area contributed by atoms with E-state index in [1.165, 1.54) is 0 Å². The molecule has 5 nitrogen and oxygen atoms in total. The van der Waals surface area contributed by atoms with E-state index in [1.807, 2.05) is 32.0 Å². The monoisotopic (exact) mass is 281 g/mol. The lowest BCUT2D eigenvalue weighted by Gasteiger charge is -2.11. The molecule has 0 aliphatic carbocycles. The van der Waals surface area contributed by atoms with Crippen molar-refractivity contribution in [2.75, 3.05) is 0 Å². The highest BCUT2D eigenvalue weighted by Crippen LogP contribution is 2.23. The average Bonchev–Trinajstić information content (AvgIpc) is 2.78. The number of carbonyl (C=O) groups is 1. The smallest absolute Gasteiger partial charge is 0.358 e. The van der Waals surface area contributed by atoms with E-state index >= 15 is 0 Å². The Balaban J connectivity index is 2.47. The summed E-state index contributed by atoms with van der Waals surface area (Å²) < 4.78 is 27.0. The van der Waals surface area contributed by atoms with Crippen molar-refractivity contribution in [3.05, 3.63) is 46.3 Å². The van der Waals surface area contributed by atoms with Crippen LogP contribution in [0.1, 0.15) is 39.3 Å². The summed E-state index contributed by atoms with van der Waals surface area (Å²) in [6.07, 6.45) is -2.94. The van der Waals surface area contributed by atoms with E-state index in [2.05, 4.69) is 10.3 Å². The predicted octanol–water partition coefficient (Wildman–Crippen LogP) is 2.58. The van der Waals surface area contributed by atoms with Crippen LogP contribution in [0.2, 0.25) is 0 Å². The first kappa shape index (κ1) is 14.1. The van der Waals surface area contributed by atoms with E-state index in [9.17, 15) is 13.6 Å². The number of hydrogen-bond acceptors (Lipinski definition) is 3. The Morgan fingerprint density at radius 1 is 1.35 bits per heavy atom. The Bertz CT molecular complexity index is 633. The van der Waals surface area contributed by atoms with Gasteiger partial charge in [-0.3, -0.25) is 0 Å². The summed E-state index contributed by atoms with van der Waals surface area (Å²) >= 11 is 0. The Hall–Kier alpha value is -2.31. The van der Waals surface area contributed by atoms with Gasteiger partial charge in [-0.05, 0) is 30.5 Å². The van der Waals surface area contributed by atoms with Gasteiger partial charge in [-0.15, -0.1) is 5.10 Å². The molecule has 0 unspecified atom stereocenters. The maximum absolute atomic E-state index is 13.0. The molecule has 0 aliphatic rings. The Morgan fingerprint density at radius 2 is 1.95 bits per heavy atom. The Kier molecular flexibility index (Phi) is 3.78. The summed E-state index contributed by atoms with van der Waals surface area (Å²) in [6, 6.07) is 5.59. The molecule has 7 heteroatoms. The lowest BCUT2D eigenvalue weighted by Crippen LogP contribution is -2.11. The number of aryl methyl sites for hydroxylation is 2. The quantitative estimate of drug-likeness (QED) is 0.935. The molecule has 0 saturated carbocycles. The second kappa shape index (κ2) is 5.36. The number of benzene rings is 1. The topological polar surface area (TPSA) is 68.0 Å². The molecular formula is C13H13F2N3O2. The van der Waals surface area contributed by atoms with E-state index in [-0.39, 0.29) is 6.54 Å². The van der Waals surface area contributed by atoms with Crippen LogP contribution in [0.3, 0.4) is 0 Å². The predicted molar refractivity (Wildman–Crippen MR) is 67.0 cm³/mol. The minimum Gasteiger partial charge on any atom is -0.476 e. The fourth-order valence-corrected chi connectivity index (χ4v) is 2.05. The highest BCUT2D eigenvalue weighted by molar-refractivity contribution is 5.86. The van der Waals surface area contributed by atoms with Crippen LogP contribution in [-0.4, -0.2) is 26.1 Å². The first-order valence-electron chi connectivity index (χ1n) is 5.91. The third-order valence-corrected chi connectivity index (χ3v) is 3.14. The molecule has 106 valence electrons. The van der Waals surface area contributed by atoms with E-state index in [0.29, 0.717) is 0 Å². The largest absolute Gasteiger partial charge is 0.476 e. The third-order valence-electron chi connectivity index (χ3n) is 3.14. The summed E-state index contributed by atoms with van der Waals surface area (Å²) in [4.78, 5) is 10.9. The summed E-state index contributed by atoms with van der Waals surface area (Å²) in [6.45, 7) is 3.79. The molecule has 2 rings (SSSR count). The van der Waals surface area contributed by atoms with Crippen LogP contribution in [0.15, 0.2) is 18.2 Å².